The average molecular weight is 386 g/mol. The maximum Gasteiger partial charge on any atom is 0.293 e. The number of nitro groups is 1. The second-order valence-electron chi connectivity index (χ2n) is 4.47. The van der Waals surface area contributed by atoms with Crippen LogP contribution in [-0.2, 0) is 6.54 Å². The van der Waals surface area contributed by atoms with Gasteiger partial charge in [0.2, 0.25) is 0 Å². The van der Waals surface area contributed by atoms with Crippen molar-refractivity contribution >= 4 is 34.0 Å². The molecule has 6 nitrogen and oxygen atoms in total. The number of nitrogens with zero attached hydrogens (tertiary/aromatic N) is 4. The van der Waals surface area contributed by atoms with E-state index in [0.29, 0.717) is 5.69 Å². The van der Waals surface area contributed by atoms with Crippen molar-refractivity contribution in [3.63, 3.8) is 0 Å². The molecule has 0 unspecified atom stereocenters. The third-order valence-electron chi connectivity index (χ3n) is 3.01. The van der Waals surface area contributed by atoms with Gasteiger partial charge in [-0.3, -0.25) is 10.1 Å². The Labute approximate surface area is 130 Å². The first-order valence-corrected chi connectivity index (χ1v) is 7.26. The van der Waals surface area contributed by atoms with Gasteiger partial charge < -0.3 is 9.47 Å². The number of aryl methyl sites for hydroxylation is 1. The first kappa shape index (κ1) is 14.8. The first-order chi connectivity index (χ1) is 9.58. The first-order valence-electron chi connectivity index (χ1n) is 6.19. The van der Waals surface area contributed by atoms with Crippen molar-refractivity contribution < 1.29 is 4.92 Å². The van der Waals surface area contributed by atoms with Gasteiger partial charge in [0.15, 0.2) is 0 Å². The second kappa shape index (κ2) is 6.69. The lowest BCUT2D eigenvalue weighted by Crippen LogP contribution is -2.20. The van der Waals surface area contributed by atoms with Crippen molar-refractivity contribution in [2.75, 3.05) is 18.5 Å². The maximum atomic E-state index is 11.1. The molecule has 2 rings (SSSR count). The van der Waals surface area contributed by atoms with E-state index in [9.17, 15) is 10.1 Å². The van der Waals surface area contributed by atoms with Crippen molar-refractivity contribution in [1.29, 1.82) is 0 Å². The molecule has 1 aromatic heterocycles. The van der Waals surface area contributed by atoms with E-state index in [2.05, 4.69) is 27.6 Å². The van der Waals surface area contributed by atoms with Gasteiger partial charge in [0, 0.05) is 42.2 Å². The number of hydrogen-bond acceptors (Lipinski definition) is 4. The fourth-order valence-electron chi connectivity index (χ4n) is 2.00. The number of aromatic nitrogens is 2. The minimum atomic E-state index is -0.330. The summed E-state index contributed by atoms with van der Waals surface area (Å²) in [6.07, 6.45) is 6.32. The predicted molar refractivity (Wildman–Crippen MR) is 85.9 cm³/mol. The summed E-state index contributed by atoms with van der Waals surface area (Å²) < 4.78 is 2.86. The number of rotatable bonds is 6. The van der Waals surface area contributed by atoms with Gasteiger partial charge in [-0.1, -0.05) is 0 Å². The Bertz CT molecular complexity index is 586. The lowest BCUT2D eigenvalue weighted by molar-refractivity contribution is -0.384. The Hall–Kier alpha value is -1.64. The molecule has 0 N–H and O–H groups in total. The van der Waals surface area contributed by atoms with Gasteiger partial charge in [0.25, 0.3) is 5.69 Å². The fraction of sp³-hybridized carbons (Fsp3) is 0.308. The molecule has 0 amide bonds. The van der Waals surface area contributed by atoms with Crippen LogP contribution < -0.4 is 4.90 Å². The van der Waals surface area contributed by atoms with Gasteiger partial charge in [-0.25, -0.2) is 4.98 Å². The van der Waals surface area contributed by atoms with E-state index >= 15 is 0 Å². The normalized spacial score (nSPS) is 10.5. The van der Waals surface area contributed by atoms with E-state index in [0.717, 1.165) is 23.1 Å². The van der Waals surface area contributed by atoms with Crippen molar-refractivity contribution in [1.82, 2.24) is 9.55 Å². The van der Waals surface area contributed by atoms with E-state index in [4.69, 9.17) is 0 Å². The van der Waals surface area contributed by atoms with Gasteiger partial charge >= 0.3 is 0 Å². The zero-order chi connectivity index (χ0) is 14.5. The number of hydrogen-bond donors (Lipinski definition) is 0. The largest absolute Gasteiger partial charge is 0.369 e. The van der Waals surface area contributed by atoms with Gasteiger partial charge in [-0.05, 0) is 41.1 Å². The van der Waals surface area contributed by atoms with Crippen LogP contribution in [0.25, 0.3) is 0 Å². The molecule has 0 spiro atoms. The summed E-state index contributed by atoms with van der Waals surface area (Å²) in [7, 11) is 1.88. The third-order valence-corrected chi connectivity index (χ3v) is 3.69. The van der Waals surface area contributed by atoms with E-state index in [1.165, 1.54) is 0 Å². The topological polar surface area (TPSA) is 64.2 Å². The van der Waals surface area contributed by atoms with Gasteiger partial charge in [-0.15, -0.1) is 0 Å². The minimum absolute atomic E-state index is 0.155. The number of anilines is 1. The van der Waals surface area contributed by atoms with Gasteiger partial charge in [0.1, 0.15) is 5.69 Å². The Morgan fingerprint density at radius 2 is 2.30 bits per heavy atom. The van der Waals surface area contributed by atoms with Crippen LogP contribution in [0.5, 0.6) is 0 Å². The molecule has 0 saturated carbocycles. The number of halogens is 1. The summed E-state index contributed by atoms with van der Waals surface area (Å²) >= 11 is 2.08. The Kier molecular flexibility index (Phi) is 4.94. The number of imidazole rings is 1. The van der Waals surface area contributed by atoms with Crippen LogP contribution in [0.4, 0.5) is 11.4 Å². The highest BCUT2D eigenvalue weighted by molar-refractivity contribution is 14.1. The van der Waals surface area contributed by atoms with Gasteiger partial charge in [0.05, 0.1) is 11.3 Å². The molecule has 0 fully saturated rings. The molecule has 20 heavy (non-hydrogen) atoms. The van der Waals surface area contributed by atoms with E-state index < -0.39 is 0 Å². The molecule has 1 heterocycles. The monoisotopic (exact) mass is 386 g/mol. The predicted octanol–water partition coefficient (Wildman–Crippen LogP) is 2.92. The van der Waals surface area contributed by atoms with Crippen LogP contribution in [0, 0.1) is 13.7 Å². The summed E-state index contributed by atoms with van der Waals surface area (Å²) in [5.41, 5.74) is 0.808. The van der Waals surface area contributed by atoms with Crippen molar-refractivity contribution in [3.05, 3.63) is 50.6 Å². The molecule has 0 aliphatic heterocycles. The minimum Gasteiger partial charge on any atom is -0.369 e. The average Bonchev–Trinajstić information content (AvgIpc) is 2.91. The molecule has 0 saturated heterocycles. The SMILES string of the molecule is CN(CCCn1ccnc1)c1ccc(I)cc1[N+](=O)[O-]. The highest BCUT2D eigenvalue weighted by atomic mass is 127. The summed E-state index contributed by atoms with van der Waals surface area (Å²) in [6.45, 7) is 1.60. The van der Waals surface area contributed by atoms with E-state index in [1.807, 2.05) is 28.8 Å². The van der Waals surface area contributed by atoms with E-state index in [1.54, 1.807) is 24.7 Å². The molecule has 0 aliphatic rings. The lowest BCUT2D eigenvalue weighted by atomic mass is 10.2. The molecular formula is C13H15IN4O2. The summed E-state index contributed by atoms with van der Waals surface area (Å²) in [5, 5.41) is 11.1. The molecule has 0 atom stereocenters. The smallest absolute Gasteiger partial charge is 0.293 e. The van der Waals surface area contributed by atoms with Crippen molar-refractivity contribution in [3.8, 4) is 0 Å². The summed E-state index contributed by atoms with van der Waals surface area (Å²) in [4.78, 5) is 16.7. The highest BCUT2D eigenvalue weighted by Gasteiger charge is 2.17. The van der Waals surface area contributed by atoms with Crippen molar-refractivity contribution in [2.45, 2.75) is 13.0 Å². The van der Waals surface area contributed by atoms with Crippen LogP contribution >= 0.6 is 22.6 Å². The van der Waals surface area contributed by atoms with Crippen LogP contribution in [0.2, 0.25) is 0 Å². The van der Waals surface area contributed by atoms with Crippen LogP contribution in [0.3, 0.4) is 0 Å². The Morgan fingerprint density at radius 1 is 1.50 bits per heavy atom. The third kappa shape index (κ3) is 3.69. The standard InChI is InChI=1S/C13H15IN4O2/c1-16(6-2-7-17-8-5-15-10-17)12-4-3-11(14)9-13(12)18(19)20/h3-5,8-10H,2,6-7H2,1H3. The van der Waals surface area contributed by atoms with Gasteiger partial charge in [-0.2, -0.15) is 0 Å². The highest BCUT2D eigenvalue weighted by Crippen LogP contribution is 2.29. The molecule has 0 bridgehead atoms. The zero-order valence-corrected chi connectivity index (χ0v) is 13.2. The molecule has 0 radical (unpaired) electrons. The molecule has 1 aromatic carbocycles. The zero-order valence-electron chi connectivity index (χ0n) is 11.1. The Balaban J connectivity index is 2.01. The number of benzene rings is 1. The van der Waals surface area contributed by atoms with Crippen LogP contribution in [-0.4, -0.2) is 28.1 Å². The Morgan fingerprint density at radius 3 is 2.95 bits per heavy atom. The summed E-state index contributed by atoms with van der Waals surface area (Å²) in [6, 6.07) is 5.29. The van der Waals surface area contributed by atoms with Crippen LogP contribution in [0.1, 0.15) is 6.42 Å². The van der Waals surface area contributed by atoms with Crippen LogP contribution in [0.15, 0.2) is 36.9 Å². The molecular weight excluding hydrogens is 371 g/mol. The molecule has 2 aromatic rings. The summed E-state index contributed by atoms with van der Waals surface area (Å²) in [5.74, 6) is 0. The quantitative estimate of drug-likeness (QED) is 0.435. The molecule has 106 valence electrons. The fourth-order valence-corrected chi connectivity index (χ4v) is 2.47. The molecule has 0 aliphatic carbocycles. The second-order valence-corrected chi connectivity index (χ2v) is 5.71. The maximum absolute atomic E-state index is 11.1. The molecule has 7 heteroatoms. The lowest BCUT2D eigenvalue weighted by Gasteiger charge is -2.19. The van der Waals surface area contributed by atoms with Crippen molar-refractivity contribution in [2.24, 2.45) is 0 Å². The van der Waals surface area contributed by atoms with E-state index in [-0.39, 0.29) is 10.6 Å². The number of nitro benzene ring substituents is 1.